The number of hydrogen-bond acceptors (Lipinski definition) is 6. The van der Waals surface area contributed by atoms with Crippen LogP contribution in [0, 0.1) is 0 Å². The summed E-state index contributed by atoms with van der Waals surface area (Å²) in [4.78, 5) is 24.6. The zero-order chi connectivity index (χ0) is 23.4. The Morgan fingerprint density at radius 1 is 1.06 bits per heavy atom. The van der Waals surface area contributed by atoms with Crippen LogP contribution in [0.2, 0.25) is 10.0 Å². The van der Waals surface area contributed by atoms with Gasteiger partial charge < -0.3 is 14.2 Å². The number of benzene rings is 2. The number of halogens is 5. The lowest BCUT2D eigenvalue weighted by molar-refractivity contribution is -0.142. The first-order valence-electron chi connectivity index (χ1n) is 8.28. The molecule has 7 nitrogen and oxygen atoms in total. The number of ether oxygens (including phenoxy) is 1. The smallest absolute Gasteiger partial charge is 0.467 e. The molecule has 0 aliphatic heterocycles. The first-order chi connectivity index (χ1) is 14.4. The summed E-state index contributed by atoms with van der Waals surface area (Å²) in [5.41, 5.74) is -5.27. The summed E-state index contributed by atoms with van der Waals surface area (Å²) < 4.78 is 67.9. The number of carbonyl (C=O) groups excluding carboxylic acids is 2. The van der Waals surface area contributed by atoms with E-state index in [9.17, 15) is 31.2 Å². The van der Waals surface area contributed by atoms with Gasteiger partial charge in [-0.05, 0) is 29.8 Å². The van der Waals surface area contributed by atoms with Crippen molar-refractivity contribution in [1.82, 2.24) is 5.32 Å². The fourth-order valence-corrected chi connectivity index (χ4v) is 3.40. The number of methoxy groups -OCH3 is 1. The van der Waals surface area contributed by atoms with Crippen molar-refractivity contribution in [3.63, 3.8) is 0 Å². The summed E-state index contributed by atoms with van der Waals surface area (Å²) in [6, 6.07) is 7.60. The van der Waals surface area contributed by atoms with Crippen molar-refractivity contribution in [2.45, 2.75) is 18.0 Å². The highest BCUT2D eigenvalue weighted by molar-refractivity contribution is 7.88. The van der Waals surface area contributed by atoms with Gasteiger partial charge in [0.25, 0.3) is 5.91 Å². The second kappa shape index (κ2) is 9.75. The van der Waals surface area contributed by atoms with Gasteiger partial charge in [0, 0.05) is 6.42 Å². The van der Waals surface area contributed by atoms with E-state index in [-0.39, 0.29) is 22.0 Å². The first-order valence-corrected chi connectivity index (χ1v) is 10.4. The molecule has 0 spiro atoms. The summed E-state index contributed by atoms with van der Waals surface area (Å²) in [5, 5.41) is 2.54. The third kappa shape index (κ3) is 6.25. The maximum Gasteiger partial charge on any atom is 0.534 e. The van der Waals surface area contributed by atoms with Crippen LogP contribution in [0.15, 0.2) is 42.5 Å². The minimum atomic E-state index is -5.81. The van der Waals surface area contributed by atoms with Crippen LogP contribution in [0.4, 0.5) is 13.2 Å². The molecule has 1 amide bonds. The molecule has 0 saturated carbocycles. The monoisotopic (exact) mass is 499 g/mol. The molecule has 0 radical (unpaired) electrons. The normalized spacial score (nSPS) is 12.7. The molecule has 0 aliphatic rings. The molecule has 0 unspecified atom stereocenters. The molecule has 2 rings (SSSR count). The second-order valence-corrected chi connectivity index (χ2v) is 8.33. The molecule has 0 heterocycles. The Hall–Kier alpha value is -2.50. The number of nitrogens with one attached hydrogen (secondary N) is 1. The molecule has 0 bridgehead atoms. The summed E-state index contributed by atoms with van der Waals surface area (Å²) in [7, 11) is -4.71. The van der Waals surface area contributed by atoms with Crippen molar-refractivity contribution in [3.8, 4) is 5.75 Å². The van der Waals surface area contributed by atoms with Crippen LogP contribution in [0.5, 0.6) is 5.75 Å². The highest BCUT2D eigenvalue weighted by Gasteiger charge is 2.48. The summed E-state index contributed by atoms with van der Waals surface area (Å²) >= 11 is 12.0. The minimum Gasteiger partial charge on any atom is -0.467 e. The molecule has 1 atom stereocenters. The zero-order valence-corrected chi connectivity index (χ0v) is 17.9. The van der Waals surface area contributed by atoms with Gasteiger partial charge in [-0.25, -0.2) is 4.79 Å². The van der Waals surface area contributed by atoms with Crippen molar-refractivity contribution in [3.05, 3.63) is 63.6 Å². The van der Waals surface area contributed by atoms with Gasteiger partial charge in [0.2, 0.25) is 0 Å². The van der Waals surface area contributed by atoms with Crippen LogP contribution < -0.4 is 9.50 Å². The fraction of sp³-hybridized carbons (Fsp3) is 0.222. The topological polar surface area (TPSA) is 98.8 Å². The molecular formula is C18H14Cl2F3NO6S. The van der Waals surface area contributed by atoms with Crippen LogP contribution in [0.25, 0.3) is 0 Å². The van der Waals surface area contributed by atoms with Crippen molar-refractivity contribution in [2.75, 3.05) is 7.11 Å². The maximum atomic E-state index is 12.5. The average Bonchev–Trinajstić information content (AvgIpc) is 2.67. The maximum absolute atomic E-state index is 12.5. The van der Waals surface area contributed by atoms with Gasteiger partial charge >= 0.3 is 21.6 Å². The fourth-order valence-electron chi connectivity index (χ4n) is 2.37. The number of alkyl halides is 3. The largest absolute Gasteiger partial charge is 0.534 e. The summed E-state index contributed by atoms with van der Waals surface area (Å²) in [5.74, 6) is -2.14. The van der Waals surface area contributed by atoms with Gasteiger partial charge in [-0.15, -0.1) is 0 Å². The van der Waals surface area contributed by atoms with E-state index >= 15 is 0 Å². The van der Waals surface area contributed by atoms with Gasteiger partial charge in [-0.2, -0.15) is 21.6 Å². The third-order valence-electron chi connectivity index (χ3n) is 3.83. The van der Waals surface area contributed by atoms with E-state index in [2.05, 4.69) is 14.2 Å². The average molecular weight is 500 g/mol. The minimum absolute atomic E-state index is 0.0548. The lowest BCUT2D eigenvalue weighted by Gasteiger charge is -2.18. The van der Waals surface area contributed by atoms with Gasteiger partial charge in [0.15, 0.2) is 0 Å². The van der Waals surface area contributed by atoms with Gasteiger partial charge in [0.1, 0.15) is 11.8 Å². The summed E-state index contributed by atoms with van der Waals surface area (Å²) in [6.07, 6.45) is -0.132. The van der Waals surface area contributed by atoms with Crippen LogP contribution >= 0.6 is 23.2 Å². The molecular weight excluding hydrogens is 486 g/mol. The molecule has 0 aliphatic carbocycles. The second-order valence-electron chi connectivity index (χ2n) is 5.98. The Morgan fingerprint density at radius 2 is 1.61 bits per heavy atom. The standard InChI is InChI=1S/C18H14Cl2F3NO6S/c1-29-17(26)14(24-16(25)15-12(19)3-2-4-13(15)20)9-10-5-7-11(8-6-10)30-31(27,28)18(21,22)23/h2-8,14H,9H2,1H3,(H,24,25)/t14-/m1/s1. The number of carbonyl (C=O) groups is 2. The Labute approximate surface area is 185 Å². The molecule has 2 aromatic carbocycles. The Balaban J connectivity index is 2.18. The number of hydrogen-bond donors (Lipinski definition) is 1. The van der Waals surface area contributed by atoms with Crippen molar-refractivity contribution in [1.29, 1.82) is 0 Å². The van der Waals surface area contributed by atoms with Crippen molar-refractivity contribution >= 4 is 45.2 Å². The number of amides is 1. The van der Waals surface area contributed by atoms with E-state index in [4.69, 9.17) is 23.2 Å². The molecule has 1 N–H and O–H groups in total. The number of rotatable bonds is 7. The van der Waals surface area contributed by atoms with E-state index in [1.54, 1.807) is 0 Å². The van der Waals surface area contributed by atoms with Crippen LogP contribution in [0.1, 0.15) is 15.9 Å². The quantitative estimate of drug-likeness (QED) is 0.354. The Morgan fingerprint density at radius 3 is 2.10 bits per heavy atom. The van der Waals surface area contributed by atoms with E-state index in [1.165, 1.54) is 30.3 Å². The molecule has 0 fully saturated rings. The zero-order valence-electron chi connectivity index (χ0n) is 15.6. The Bertz CT molecular complexity index is 1050. The predicted octanol–water partition coefficient (Wildman–Crippen LogP) is 3.74. The van der Waals surface area contributed by atoms with Crippen molar-refractivity contribution < 1.29 is 40.1 Å². The van der Waals surface area contributed by atoms with Gasteiger partial charge in [-0.1, -0.05) is 41.4 Å². The highest BCUT2D eigenvalue weighted by atomic mass is 35.5. The molecule has 31 heavy (non-hydrogen) atoms. The van der Waals surface area contributed by atoms with Crippen LogP contribution in [0.3, 0.4) is 0 Å². The van der Waals surface area contributed by atoms with E-state index in [0.717, 1.165) is 19.2 Å². The first kappa shape index (κ1) is 24.8. The third-order valence-corrected chi connectivity index (χ3v) is 5.44. The van der Waals surface area contributed by atoms with Crippen LogP contribution in [-0.4, -0.2) is 39.0 Å². The van der Waals surface area contributed by atoms with E-state index in [0.29, 0.717) is 5.56 Å². The molecule has 0 saturated heterocycles. The molecule has 0 aromatic heterocycles. The highest BCUT2D eigenvalue weighted by Crippen LogP contribution is 2.27. The molecule has 168 valence electrons. The summed E-state index contributed by atoms with van der Waals surface area (Å²) in [6.45, 7) is 0. The van der Waals surface area contributed by atoms with E-state index < -0.39 is 39.3 Å². The SMILES string of the molecule is COC(=O)[C@@H](Cc1ccc(OS(=O)(=O)C(F)(F)F)cc1)NC(=O)c1c(Cl)cccc1Cl. The Kier molecular flexibility index (Phi) is 7.79. The van der Waals surface area contributed by atoms with Crippen molar-refractivity contribution in [2.24, 2.45) is 0 Å². The molecule has 2 aromatic rings. The molecule has 13 heteroatoms. The lowest BCUT2D eigenvalue weighted by Crippen LogP contribution is -2.43. The van der Waals surface area contributed by atoms with E-state index in [1.807, 2.05) is 0 Å². The van der Waals surface area contributed by atoms with Crippen LogP contribution in [-0.2, 0) is 26.1 Å². The van der Waals surface area contributed by atoms with Gasteiger partial charge in [-0.3, -0.25) is 4.79 Å². The predicted molar refractivity (Wildman–Crippen MR) is 105 cm³/mol. The number of esters is 1. The lowest BCUT2D eigenvalue weighted by atomic mass is 10.1. The van der Waals surface area contributed by atoms with Gasteiger partial charge in [0.05, 0.1) is 22.7 Å².